The van der Waals surface area contributed by atoms with Crippen LogP contribution in [-0.4, -0.2) is 26.6 Å². The molecule has 0 bridgehead atoms. The van der Waals surface area contributed by atoms with Crippen molar-refractivity contribution in [3.8, 4) is 17.1 Å². The van der Waals surface area contributed by atoms with Crippen LogP contribution in [0.4, 0.5) is 4.39 Å². The minimum atomic E-state index is -0.757. The van der Waals surface area contributed by atoms with Crippen molar-refractivity contribution in [1.29, 1.82) is 0 Å². The summed E-state index contributed by atoms with van der Waals surface area (Å²) in [6, 6.07) is 24.6. The van der Waals surface area contributed by atoms with E-state index >= 15 is 0 Å². The fraction of sp³-hybridized carbons (Fsp3) is 0.120. The highest BCUT2D eigenvalue weighted by molar-refractivity contribution is 5.96. The summed E-state index contributed by atoms with van der Waals surface area (Å²) in [4.78, 5) is 30.0. The Hall–Kier alpha value is -4.33. The molecule has 0 radical (unpaired) electrons. The Morgan fingerprint density at radius 3 is 2.12 bits per heavy atom. The maximum Gasteiger partial charge on any atom is 0.309 e. The van der Waals surface area contributed by atoms with Crippen molar-refractivity contribution in [2.45, 2.75) is 18.3 Å². The van der Waals surface area contributed by atoms with Crippen molar-refractivity contribution in [2.24, 2.45) is 0 Å². The number of nitrogens with zero attached hydrogens (tertiary/aromatic N) is 3. The Balaban J connectivity index is 1.36. The van der Waals surface area contributed by atoms with Crippen molar-refractivity contribution in [2.75, 3.05) is 0 Å². The molecule has 7 nitrogen and oxygen atoms in total. The molecule has 1 saturated carbocycles. The average Bonchev–Trinajstić information content (AvgIpc) is 3.55. The highest BCUT2D eigenvalue weighted by Crippen LogP contribution is 2.48. The van der Waals surface area contributed by atoms with Crippen LogP contribution in [0.3, 0.4) is 0 Å². The SMILES string of the molecule is O=C(NNC(=O)C1(c2ccc(F)cc2)CC1)c1nc(-c2ccccc2)n(-c2ccccc2)n1. The number of carbonyl (C=O) groups is 2. The van der Waals surface area contributed by atoms with Gasteiger partial charge in [0, 0.05) is 5.56 Å². The second kappa shape index (κ2) is 8.31. The predicted octanol–water partition coefficient (Wildman–Crippen LogP) is 3.57. The third kappa shape index (κ3) is 3.98. The number of hydrogen-bond acceptors (Lipinski definition) is 4. The maximum atomic E-state index is 13.2. The molecule has 0 spiro atoms. The van der Waals surface area contributed by atoms with E-state index in [0.717, 1.165) is 11.3 Å². The van der Waals surface area contributed by atoms with Crippen LogP contribution in [0.2, 0.25) is 0 Å². The van der Waals surface area contributed by atoms with E-state index in [1.165, 1.54) is 12.1 Å². The van der Waals surface area contributed by atoms with E-state index in [1.54, 1.807) is 16.8 Å². The molecule has 2 amide bonds. The Labute approximate surface area is 189 Å². The number of para-hydroxylation sites is 1. The van der Waals surface area contributed by atoms with Crippen molar-refractivity contribution >= 4 is 11.8 Å². The molecule has 2 N–H and O–H groups in total. The first kappa shape index (κ1) is 20.6. The van der Waals surface area contributed by atoms with E-state index < -0.39 is 11.3 Å². The van der Waals surface area contributed by atoms with Gasteiger partial charge in [-0.1, -0.05) is 60.7 Å². The number of aromatic nitrogens is 3. The van der Waals surface area contributed by atoms with Gasteiger partial charge in [0.1, 0.15) is 5.82 Å². The van der Waals surface area contributed by atoms with E-state index in [2.05, 4.69) is 20.9 Å². The fourth-order valence-corrected chi connectivity index (χ4v) is 3.76. The van der Waals surface area contributed by atoms with Gasteiger partial charge in [-0.2, -0.15) is 0 Å². The minimum absolute atomic E-state index is 0.0790. The lowest BCUT2D eigenvalue weighted by Crippen LogP contribution is -2.46. The van der Waals surface area contributed by atoms with Gasteiger partial charge in [0.2, 0.25) is 11.7 Å². The molecule has 0 unspecified atom stereocenters. The van der Waals surface area contributed by atoms with Crippen LogP contribution in [0, 0.1) is 5.82 Å². The van der Waals surface area contributed by atoms with Gasteiger partial charge in [-0.15, -0.1) is 5.10 Å². The number of rotatable bonds is 5. The molecule has 1 heterocycles. The second-order valence-electron chi connectivity index (χ2n) is 7.87. The summed E-state index contributed by atoms with van der Waals surface area (Å²) in [5.41, 5.74) is 6.41. The van der Waals surface area contributed by atoms with Crippen LogP contribution >= 0.6 is 0 Å². The van der Waals surface area contributed by atoms with Crippen LogP contribution in [0.5, 0.6) is 0 Å². The molecule has 0 aliphatic heterocycles. The first-order valence-electron chi connectivity index (χ1n) is 10.5. The molecule has 3 aromatic carbocycles. The van der Waals surface area contributed by atoms with Gasteiger partial charge < -0.3 is 0 Å². The molecule has 0 saturated heterocycles. The summed E-state index contributed by atoms with van der Waals surface area (Å²) in [5.74, 6) is -0.927. The van der Waals surface area contributed by atoms with E-state index in [9.17, 15) is 14.0 Å². The zero-order valence-corrected chi connectivity index (χ0v) is 17.5. The molecular weight excluding hydrogens is 421 g/mol. The molecule has 1 aliphatic rings. The van der Waals surface area contributed by atoms with Crippen LogP contribution < -0.4 is 10.9 Å². The summed E-state index contributed by atoms with van der Waals surface area (Å²) in [5, 5.41) is 4.38. The van der Waals surface area contributed by atoms with Crippen LogP contribution in [0.15, 0.2) is 84.9 Å². The van der Waals surface area contributed by atoms with E-state index in [1.807, 2.05) is 60.7 Å². The second-order valence-corrected chi connectivity index (χ2v) is 7.87. The molecule has 0 atom stereocenters. The van der Waals surface area contributed by atoms with Gasteiger partial charge in [-0.05, 0) is 42.7 Å². The molecule has 4 aromatic rings. The lowest BCUT2D eigenvalue weighted by atomic mass is 9.95. The standard InChI is InChI=1S/C25H20FN5O2/c26-19-13-11-18(12-14-19)25(15-16-25)24(33)29-28-23(32)21-27-22(17-7-3-1-4-8-17)31(30-21)20-9-5-2-6-10-20/h1-14H,15-16H2,(H,28,32)(H,29,33). The van der Waals surface area contributed by atoms with Crippen LogP contribution in [0.25, 0.3) is 17.1 Å². The molecule has 5 rings (SSSR count). The zero-order valence-electron chi connectivity index (χ0n) is 17.5. The van der Waals surface area contributed by atoms with Crippen LogP contribution in [0.1, 0.15) is 29.0 Å². The number of amides is 2. The quantitative estimate of drug-likeness (QED) is 0.464. The average molecular weight is 441 g/mol. The number of hydrogen-bond donors (Lipinski definition) is 2. The predicted molar refractivity (Wildman–Crippen MR) is 120 cm³/mol. The van der Waals surface area contributed by atoms with E-state index in [-0.39, 0.29) is 17.5 Å². The number of halogens is 1. The highest BCUT2D eigenvalue weighted by atomic mass is 19.1. The lowest BCUT2D eigenvalue weighted by molar-refractivity contribution is -0.124. The first-order chi connectivity index (χ1) is 16.1. The lowest BCUT2D eigenvalue weighted by Gasteiger charge is -2.15. The topological polar surface area (TPSA) is 88.9 Å². The summed E-state index contributed by atoms with van der Waals surface area (Å²) in [6.07, 6.45) is 1.25. The van der Waals surface area contributed by atoms with Gasteiger partial charge in [0.15, 0.2) is 5.82 Å². The molecule has 8 heteroatoms. The van der Waals surface area contributed by atoms with Crippen molar-refractivity contribution in [3.63, 3.8) is 0 Å². The minimum Gasteiger partial charge on any atom is -0.272 e. The normalized spacial score (nSPS) is 13.8. The van der Waals surface area contributed by atoms with E-state index in [4.69, 9.17) is 0 Å². The Bertz CT molecular complexity index is 1240. The maximum absolute atomic E-state index is 13.2. The summed E-state index contributed by atoms with van der Waals surface area (Å²) in [6.45, 7) is 0. The van der Waals surface area contributed by atoms with Crippen molar-refractivity contribution in [1.82, 2.24) is 25.6 Å². The van der Waals surface area contributed by atoms with Gasteiger partial charge in [-0.25, -0.2) is 14.1 Å². The Kier molecular flexibility index (Phi) is 5.18. The molecule has 1 aromatic heterocycles. The monoisotopic (exact) mass is 441 g/mol. The molecule has 33 heavy (non-hydrogen) atoms. The Morgan fingerprint density at radius 2 is 1.48 bits per heavy atom. The van der Waals surface area contributed by atoms with Crippen molar-refractivity contribution < 1.29 is 14.0 Å². The number of carbonyl (C=O) groups excluding carboxylic acids is 2. The fourth-order valence-electron chi connectivity index (χ4n) is 3.76. The van der Waals surface area contributed by atoms with Gasteiger partial charge in [-0.3, -0.25) is 20.4 Å². The number of benzene rings is 3. The van der Waals surface area contributed by atoms with Gasteiger partial charge in [0.05, 0.1) is 11.1 Å². The zero-order chi connectivity index (χ0) is 22.8. The third-order valence-electron chi connectivity index (χ3n) is 5.71. The van der Waals surface area contributed by atoms with Gasteiger partial charge in [0.25, 0.3) is 0 Å². The molecule has 164 valence electrons. The van der Waals surface area contributed by atoms with Crippen molar-refractivity contribution in [3.05, 3.63) is 102 Å². The summed E-state index contributed by atoms with van der Waals surface area (Å²) < 4.78 is 14.8. The molecule has 1 aliphatic carbocycles. The molecule has 1 fully saturated rings. The van der Waals surface area contributed by atoms with Gasteiger partial charge >= 0.3 is 5.91 Å². The first-order valence-corrected chi connectivity index (χ1v) is 10.5. The smallest absolute Gasteiger partial charge is 0.272 e. The number of hydrazine groups is 1. The van der Waals surface area contributed by atoms with Crippen LogP contribution in [-0.2, 0) is 10.2 Å². The summed E-state index contributed by atoms with van der Waals surface area (Å²) >= 11 is 0. The van der Waals surface area contributed by atoms with E-state index in [0.29, 0.717) is 24.2 Å². The highest BCUT2D eigenvalue weighted by Gasteiger charge is 2.51. The Morgan fingerprint density at radius 1 is 0.848 bits per heavy atom. The molecular formula is C25H20FN5O2. The largest absolute Gasteiger partial charge is 0.309 e. The number of nitrogens with one attached hydrogen (secondary N) is 2. The summed E-state index contributed by atoms with van der Waals surface area (Å²) in [7, 11) is 0. The third-order valence-corrected chi connectivity index (χ3v) is 5.71.